The first-order valence-corrected chi connectivity index (χ1v) is 10.2. The van der Waals surface area contributed by atoms with Crippen LogP contribution in [-0.2, 0) is 4.79 Å². The zero-order valence-electron chi connectivity index (χ0n) is 15.8. The predicted octanol–water partition coefficient (Wildman–Crippen LogP) is 5.17. The second-order valence-electron chi connectivity index (χ2n) is 6.86. The van der Waals surface area contributed by atoms with Crippen LogP contribution in [0.4, 0.5) is 15.8 Å². The van der Waals surface area contributed by atoms with Crippen LogP contribution in [0.25, 0.3) is 0 Å². The molecule has 4 nitrogen and oxygen atoms in total. The lowest BCUT2D eigenvalue weighted by Crippen LogP contribution is -2.27. The minimum Gasteiger partial charge on any atom is -0.322 e. The molecule has 1 N–H and O–H groups in total. The second kappa shape index (κ2) is 8.09. The van der Waals surface area contributed by atoms with Crippen molar-refractivity contribution in [2.45, 2.75) is 12.3 Å². The standard InChI is InChI=1S/C23H19FN2O2S/c1-15-5-2-10-20(11-15)26-21(27)14-29-23(26)17-7-4-9-19(13-17)25-22(28)16-6-3-8-18(24)12-16/h2-13,23H,14H2,1H3,(H,25,28)/t23-/m1/s1. The molecule has 0 aliphatic carbocycles. The van der Waals surface area contributed by atoms with Crippen LogP contribution in [0.15, 0.2) is 72.8 Å². The largest absolute Gasteiger partial charge is 0.322 e. The van der Waals surface area contributed by atoms with Crippen molar-refractivity contribution in [2.75, 3.05) is 16.0 Å². The summed E-state index contributed by atoms with van der Waals surface area (Å²) in [6, 6.07) is 20.8. The van der Waals surface area contributed by atoms with Gasteiger partial charge in [0.15, 0.2) is 0 Å². The molecule has 1 fully saturated rings. The van der Waals surface area contributed by atoms with E-state index >= 15 is 0 Å². The van der Waals surface area contributed by atoms with Crippen LogP contribution in [0, 0.1) is 12.7 Å². The average molecular weight is 406 g/mol. The number of carbonyl (C=O) groups excluding carboxylic acids is 2. The number of carbonyl (C=O) groups is 2. The summed E-state index contributed by atoms with van der Waals surface area (Å²) in [5.41, 5.74) is 3.71. The molecule has 4 rings (SSSR count). The fourth-order valence-corrected chi connectivity index (χ4v) is 4.50. The number of hydrogen-bond donors (Lipinski definition) is 1. The third kappa shape index (κ3) is 4.17. The number of halogens is 1. The van der Waals surface area contributed by atoms with Crippen LogP contribution in [0.2, 0.25) is 0 Å². The molecule has 146 valence electrons. The van der Waals surface area contributed by atoms with E-state index in [1.165, 1.54) is 18.2 Å². The monoisotopic (exact) mass is 406 g/mol. The second-order valence-corrected chi connectivity index (χ2v) is 7.92. The summed E-state index contributed by atoms with van der Waals surface area (Å²) >= 11 is 1.55. The topological polar surface area (TPSA) is 49.4 Å². The fourth-order valence-electron chi connectivity index (χ4n) is 3.33. The van der Waals surface area contributed by atoms with Crippen molar-refractivity contribution in [1.82, 2.24) is 0 Å². The quantitative estimate of drug-likeness (QED) is 0.651. The van der Waals surface area contributed by atoms with Crippen molar-refractivity contribution in [1.29, 1.82) is 0 Å². The molecule has 1 saturated heterocycles. The fraction of sp³-hybridized carbons (Fsp3) is 0.130. The van der Waals surface area contributed by atoms with Crippen LogP contribution in [0.5, 0.6) is 0 Å². The van der Waals surface area contributed by atoms with Crippen LogP contribution < -0.4 is 10.2 Å². The van der Waals surface area contributed by atoms with Crippen LogP contribution in [0.3, 0.4) is 0 Å². The van der Waals surface area contributed by atoms with E-state index in [2.05, 4.69) is 5.32 Å². The van der Waals surface area contributed by atoms with E-state index in [1.54, 1.807) is 28.8 Å². The highest BCUT2D eigenvalue weighted by Crippen LogP contribution is 2.42. The Morgan fingerprint density at radius 3 is 2.66 bits per heavy atom. The first-order valence-electron chi connectivity index (χ1n) is 9.18. The van der Waals surface area contributed by atoms with Crippen LogP contribution in [-0.4, -0.2) is 17.6 Å². The van der Waals surface area contributed by atoms with Gasteiger partial charge < -0.3 is 5.32 Å². The normalized spacial score (nSPS) is 16.1. The Labute approximate surface area is 172 Å². The van der Waals surface area contributed by atoms with Gasteiger partial charge in [0, 0.05) is 16.9 Å². The minimum atomic E-state index is -0.457. The Morgan fingerprint density at radius 1 is 1.07 bits per heavy atom. The van der Waals surface area contributed by atoms with E-state index < -0.39 is 5.82 Å². The number of rotatable bonds is 4. The van der Waals surface area contributed by atoms with E-state index in [0.29, 0.717) is 11.4 Å². The predicted molar refractivity (Wildman–Crippen MR) is 115 cm³/mol. The SMILES string of the molecule is Cc1cccc(N2C(=O)CS[C@@H]2c2cccc(NC(=O)c3cccc(F)c3)c2)c1. The van der Waals surface area contributed by atoms with Crippen molar-refractivity contribution < 1.29 is 14.0 Å². The molecule has 2 amide bonds. The van der Waals surface area contributed by atoms with Gasteiger partial charge in [0.05, 0.1) is 5.75 Å². The Morgan fingerprint density at radius 2 is 1.86 bits per heavy atom. The molecule has 6 heteroatoms. The number of nitrogens with one attached hydrogen (secondary N) is 1. The highest BCUT2D eigenvalue weighted by molar-refractivity contribution is 8.00. The molecule has 0 aromatic heterocycles. The van der Waals surface area contributed by atoms with Gasteiger partial charge in [0.25, 0.3) is 5.91 Å². The van der Waals surface area contributed by atoms with Crippen molar-refractivity contribution in [3.05, 3.63) is 95.3 Å². The molecule has 0 radical (unpaired) electrons. The summed E-state index contributed by atoms with van der Waals surface area (Å²) in [6.07, 6.45) is 0. The maximum absolute atomic E-state index is 13.4. The molecule has 0 bridgehead atoms. The van der Waals surface area contributed by atoms with E-state index in [9.17, 15) is 14.0 Å². The number of hydrogen-bond acceptors (Lipinski definition) is 3. The molecular formula is C23H19FN2O2S. The third-order valence-corrected chi connectivity index (χ3v) is 5.88. The molecule has 1 atom stereocenters. The molecule has 1 aliphatic rings. The van der Waals surface area contributed by atoms with Gasteiger partial charge in [0.1, 0.15) is 11.2 Å². The minimum absolute atomic E-state index is 0.0554. The summed E-state index contributed by atoms with van der Waals surface area (Å²) in [6.45, 7) is 1.99. The van der Waals surface area contributed by atoms with Gasteiger partial charge in [-0.2, -0.15) is 0 Å². The van der Waals surface area contributed by atoms with Crippen molar-refractivity contribution in [2.24, 2.45) is 0 Å². The number of benzene rings is 3. The first kappa shape index (κ1) is 19.2. The number of amides is 2. The smallest absolute Gasteiger partial charge is 0.255 e. The molecule has 3 aromatic carbocycles. The van der Waals surface area contributed by atoms with Gasteiger partial charge in [-0.15, -0.1) is 11.8 Å². The Kier molecular flexibility index (Phi) is 5.36. The number of anilines is 2. The number of nitrogens with zero attached hydrogens (tertiary/aromatic N) is 1. The van der Waals surface area contributed by atoms with E-state index in [0.717, 1.165) is 16.8 Å². The van der Waals surface area contributed by atoms with Gasteiger partial charge in [0.2, 0.25) is 5.91 Å². The summed E-state index contributed by atoms with van der Waals surface area (Å²) in [4.78, 5) is 26.8. The third-order valence-electron chi connectivity index (χ3n) is 4.66. The number of aryl methyl sites for hydroxylation is 1. The van der Waals surface area contributed by atoms with E-state index in [4.69, 9.17) is 0 Å². The summed E-state index contributed by atoms with van der Waals surface area (Å²) in [5.74, 6) is -0.383. The molecule has 0 spiro atoms. The van der Waals surface area contributed by atoms with Crippen molar-refractivity contribution in [3.8, 4) is 0 Å². The van der Waals surface area contributed by atoms with Gasteiger partial charge >= 0.3 is 0 Å². The molecule has 1 aliphatic heterocycles. The van der Waals surface area contributed by atoms with E-state index in [-0.39, 0.29) is 22.8 Å². The maximum atomic E-state index is 13.4. The summed E-state index contributed by atoms with van der Waals surface area (Å²) in [7, 11) is 0. The van der Waals surface area contributed by atoms with E-state index in [1.807, 2.05) is 49.4 Å². The maximum Gasteiger partial charge on any atom is 0.255 e. The zero-order valence-corrected chi connectivity index (χ0v) is 16.6. The van der Waals surface area contributed by atoms with Gasteiger partial charge in [-0.3, -0.25) is 14.5 Å². The lowest BCUT2D eigenvalue weighted by atomic mass is 10.1. The lowest BCUT2D eigenvalue weighted by Gasteiger charge is -2.25. The average Bonchev–Trinajstić information content (AvgIpc) is 3.10. The lowest BCUT2D eigenvalue weighted by molar-refractivity contribution is -0.115. The summed E-state index contributed by atoms with van der Waals surface area (Å²) in [5, 5.41) is 2.63. The molecular weight excluding hydrogens is 387 g/mol. The molecule has 29 heavy (non-hydrogen) atoms. The van der Waals surface area contributed by atoms with Crippen molar-refractivity contribution >= 4 is 35.0 Å². The molecule has 0 saturated carbocycles. The van der Waals surface area contributed by atoms with Crippen LogP contribution in [0.1, 0.15) is 26.9 Å². The Bertz CT molecular complexity index is 1090. The van der Waals surface area contributed by atoms with Crippen LogP contribution >= 0.6 is 11.8 Å². The molecule has 1 heterocycles. The highest BCUT2D eigenvalue weighted by Gasteiger charge is 2.34. The zero-order chi connectivity index (χ0) is 20.4. The molecule has 0 unspecified atom stereocenters. The van der Waals surface area contributed by atoms with Crippen molar-refractivity contribution in [3.63, 3.8) is 0 Å². The number of thioether (sulfide) groups is 1. The van der Waals surface area contributed by atoms with Gasteiger partial charge in [-0.25, -0.2) is 4.39 Å². The van der Waals surface area contributed by atoms with Gasteiger partial charge in [-0.1, -0.05) is 30.3 Å². The highest BCUT2D eigenvalue weighted by atomic mass is 32.2. The first-order chi connectivity index (χ1) is 14.0. The summed E-state index contributed by atoms with van der Waals surface area (Å²) < 4.78 is 13.4. The van der Waals surface area contributed by atoms with Gasteiger partial charge in [-0.05, 0) is 60.5 Å². The Hall–Kier alpha value is -3.12. The molecule has 3 aromatic rings. The Balaban J connectivity index is 1.59.